The van der Waals surface area contributed by atoms with Gasteiger partial charge in [0.05, 0.1) is 6.04 Å². The Kier molecular flexibility index (Phi) is 6.46. The zero-order valence-corrected chi connectivity index (χ0v) is 13.2. The van der Waals surface area contributed by atoms with Crippen molar-refractivity contribution in [2.45, 2.75) is 59.0 Å². The van der Waals surface area contributed by atoms with E-state index in [2.05, 4.69) is 19.2 Å². The number of nitrogens with two attached hydrogens (primary N) is 1. The topological polar surface area (TPSA) is 75.4 Å². The normalized spacial score (nSPS) is 20.6. The number of hydrogen-bond donors (Lipinski definition) is 2. The lowest BCUT2D eigenvalue weighted by Gasteiger charge is -2.28. The third-order valence-electron chi connectivity index (χ3n) is 3.86. The van der Waals surface area contributed by atoms with Crippen LogP contribution in [0.3, 0.4) is 0 Å². The number of carbonyl (C=O) groups is 2. The van der Waals surface area contributed by atoms with Crippen LogP contribution in [0, 0.1) is 11.8 Å². The molecule has 0 saturated carbocycles. The first-order chi connectivity index (χ1) is 9.34. The molecule has 1 aliphatic rings. The van der Waals surface area contributed by atoms with Gasteiger partial charge < -0.3 is 16.0 Å². The van der Waals surface area contributed by atoms with E-state index >= 15 is 0 Å². The highest BCUT2D eigenvalue weighted by Gasteiger charge is 2.36. The van der Waals surface area contributed by atoms with Crippen molar-refractivity contribution in [1.82, 2.24) is 10.2 Å². The van der Waals surface area contributed by atoms with Crippen molar-refractivity contribution in [3.05, 3.63) is 0 Å². The summed E-state index contributed by atoms with van der Waals surface area (Å²) >= 11 is 0. The minimum Gasteiger partial charge on any atom is -0.354 e. The van der Waals surface area contributed by atoms with Crippen LogP contribution < -0.4 is 11.1 Å². The fraction of sp³-hybridized carbons (Fsp3) is 0.867. The number of carbonyl (C=O) groups excluding carboxylic acids is 2. The lowest BCUT2D eigenvalue weighted by molar-refractivity contribution is -0.140. The Morgan fingerprint density at radius 3 is 2.50 bits per heavy atom. The Morgan fingerprint density at radius 1 is 1.30 bits per heavy atom. The van der Waals surface area contributed by atoms with Crippen LogP contribution in [0.4, 0.5) is 0 Å². The van der Waals surface area contributed by atoms with E-state index in [9.17, 15) is 9.59 Å². The van der Waals surface area contributed by atoms with Gasteiger partial charge in [0.2, 0.25) is 11.8 Å². The molecule has 116 valence electrons. The summed E-state index contributed by atoms with van der Waals surface area (Å²) in [5, 5.41) is 2.94. The molecule has 0 aromatic carbocycles. The van der Waals surface area contributed by atoms with Gasteiger partial charge in [-0.25, -0.2) is 0 Å². The molecule has 1 aliphatic heterocycles. The van der Waals surface area contributed by atoms with E-state index < -0.39 is 6.04 Å². The van der Waals surface area contributed by atoms with Crippen molar-refractivity contribution < 1.29 is 9.59 Å². The fourth-order valence-electron chi connectivity index (χ4n) is 2.38. The second kappa shape index (κ2) is 7.62. The Balaban J connectivity index is 2.56. The predicted octanol–water partition coefficient (Wildman–Crippen LogP) is 1.12. The van der Waals surface area contributed by atoms with E-state index in [0.29, 0.717) is 19.0 Å². The molecular formula is C15H29N3O2. The maximum absolute atomic E-state index is 12.3. The Bertz CT molecular complexity index is 342. The molecule has 0 radical (unpaired) electrons. The number of hydrogen-bond acceptors (Lipinski definition) is 3. The second-order valence-corrected chi connectivity index (χ2v) is 6.43. The Hall–Kier alpha value is -1.10. The Labute approximate surface area is 122 Å². The molecule has 5 nitrogen and oxygen atoms in total. The maximum Gasteiger partial charge on any atom is 0.242 e. The van der Waals surface area contributed by atoms with Crippen LogP contribution in [0.1, 0.15) is 47.0 Å². The van der Waals surface area contributed by atoms with Crippen molar-refractivity contribution >= 4 is 11.8 Å². The number of likely N-dealkylation sites (tertiary alicyclic amines) is 1. The van der Waals surface area contributed by atoms with E-state index in [1.807, 2.05) is 13.8 Å². The van der Waals surface area contributed by atoms with Gasteiger partial charge in [0.15, 0.2) is 0 Å². The van der Waals surface area contributed by atoms with Crippen LogP contribution in [-0.2, 0) is 9.59 Å². The van der Waals surface area contributed by atoms with E-state index in [1.54, 1.807) is 4.90 Å². The number of nitrogens with zero attached hydrogens (tertiary/aromatic N) is 1. The van der Waals surface area contributed by atoms with Crippen molar-refractivity contribution in [2.24, 2.45) is 17.6 Å². The first-order valence-electron chi connectivity index (χ1n) is 7.68. The SMILES string of the molecule is CC(C)CCNC(=O)[C@@H]1CCCN1C(=O)[C@@H](N)C(C)C. The minimum absolute atomic E-state index is 0.0348. The molecule has 1 heterocycles. The largest absolute Gasteiger partial charge is 0.354 e. The van der Waals surface area contributed by atoms with Crippen LogP contribution >= 0.6 is 0 Å². The van der Waals surface area contributed by atoms with Crippen LogP contribution in [0.25, 0.3) is 0 Å². The van der Waals surface area contributed by atoms with Gasteiger partial charge in [-0.2, -0.15) is 0 Å². The summed E-state index contributed by atoms with van der Waals surface area (Å²) < 4.78 is 0. The standard InChI is InChI=1S/C15H29N3O2/c1-10(2)7-8-17-14(19)12-6-5-9-18(12)15(20)13(16)11(3)4/h10-13H,5-9,16H2,1-4H3,(H,17,19)/t12-,13-/m0/s1. The maximum atomic E-state index is 12.3. The number of nitrogens with one attached hydrogen (secondary N) is 1. The Morgan fingerprint density at radius 2 is 1.95 bits per heavy atom. The van der Waals surface area contributed by atoms with Gasteiger partial charge in [-0.3, -0.25) is 9.59 Å². The molecular weight excluding hydrogens is 254 g/mol. The summed E-state index contributed by atoms with van der Waals surface area (Å²) in [6.07, 6.45) is 2.57. The summed E-state index contributed by atoms with van der Waals surface area (Å²) in [4.78, 5) is 26.2. The zero-order valence-electron chi connectivity index (χ0n) is 13.2. The molecule has 1 rings (SSSR count). The summed E-state index contributed by atoms with van der Waals surface area (Å²) in [6.45, 7) is 9.41. The summed E-state index contributed by atoms with van der Waals surface area (Å²) in [5.74, 6) is 0.521. The molecule has 3 N–H and O–H groups in total. The van der Waals surface area contributed by atoms with Crippen LogP contribution in [-0.4, -0.2) is 41.9 Å². The minimum atomic E-state index is -0.515. The smallest absolute Gasteiger partial charge is 0.242 e. The third kappa shape index (κ3) is 4.47. The molecule has 0 unspecified atom stereocenters. The molecule has 2 atom stereocenters. The van der Waals surface area contributed by atoms with Crippen molar-refractivity contribution in [3.63, 3.8) is 0 Å². The molecule has 1 fully saturated rings. The number of amides is 2. The van der Waals surface area contributed by atoms with Gasteiger partial charge in [0.1, 0.15) is 6.04 Å². The zero-order chi connectivity index (χ0) is 15.3. The van der Waals surface area contributed by atoms with Gasteiger partial charge in [0, 0.05) is 13.1 Å². The summed E-state index contributed by atoms with van der Waals surface area (Å²) in [5.41, 5.74) is 5.92. The predicted molar refractivity (Wildman–Crippen MR) is 80.0 cm³/mol. The molecule has 0 spiro atoms. The van der Waals surface area contributed by atoms with Crippen molar-refractivity contribution in [1.29, 1.82) is 0 Å². The quantitative estimate of drug-likeness (QED) is 0.767. The number of rotatable bonds is 6. The van der Waals surface area contributed by atoms with E-state index in [-0.39, 0.29) is 23.8 Å². The van der Waals surface area contributed by atoms with Gasteiger partial charge in [-0.15, -0.1) is 0 Å². The van der Waals surface area contributed by atoms with E-state index in [4.69, 9.17) is 5.73 Å². The van der Waals surface area contributed by atoms with Gasteiger partial charge >= 0.3 is 0 Å². The monoisotopic (exact) mass is 283 g/mol. The highest BCUT2D eigenvalue weighted by Crippen LogP contribution is 2.19. The third-order valence-corrected chi connectivity index (χ3v) is 3.86. The average Bonchev–Trinajstić information content (AvgIpc) is 2.85. The average molecular weight is 283 g/mol. The molecule has 1 saturated heterocycles. The van der Waals surface area contributed by atoms with Gasteiger partial charge in [-0.05, 0) is 31.1 Å². The first kappa shape index (κ1) is 17.0. The van der Waals surface area contributed by atoms with E-state index in [0.717, 1.165) is 19.3 Å². The molecule has 0 aliphatic carbocycles. The van der Waals surface area contributed by atoms with Crippen LogP contribution in [0.2, 0.25) is 0 Å². The van der Waals surface area contributed by atoms with Crippen LogP contribution in [0.5, 0.6) is 0 Å². The van der Waals surface area contributed by atoms with Crippen molar-refractivity contribution in [3.8, 4) is 0 Å². The molecule has 2 amide bonds. The second-order valence-electron chi connectivity index (χ2n) is 6.43. The lowest BCUT2D eigenvalue weighted by atomic mass is 10.0. The lowest BCUT2D eigenvalue weighted by Crippen LogP contribution is -2.52. The van der Waals surface area contributed by atoms with E-state index in [1.165, 1.54) is 0 Å². The molecule has 0 aromatic rings. The van der Waals surface area contributed by atoms with Crippen LogP contribution in [0.15, 0.2) is 0 Å². The highest BCUT2D eigenvalue weighted by atomic mass is 16.2. The molecule has 0 bridgehead atoms. The first-order valence-corrected chi connectivity index (χ1v) is 7.68. The summed E-state index contributed by atoms with van der Waals surface area (Å²) in [7, 11) is 0. The summed E-state index contributed by atoms with van der Waals surface area (Å²) in [6, 6.07) is -0.849. The van der Waals surface area contributed by atoms with Gasteiger partial charge in [-0.1, -0.05) is 27.7 Å². The van der Waals surface area contributed by atoms with Crippen molar-refractivity contribution in [2.75, 3.05) is 13.1 Å². The molecule has 0 aromatic heterocycles. The molecule has 5 heteroatoms. The molecule has 20 heavy (non-hydrogen) atoms. The fourth-order valence-corrected chi connectivity index (χ4v) is 2.38. The highest BCUT2D eigenvalue weighted by molar-refractivity contribution is 5.90. The van der Waals surface area contributed by atoms with Gasteiger partial charge in [0.25, 0.3) is 0 Å².